The number of methoxy groups -OCH3 is 2. The number of benzene rings is 1. The average molecular weight is 302 g/mol. The largest absolute Gasteiger partial charge is 0.493 e. The number of nitrogens with two attached hydrogens (primary N) is 1. The van der Waals surface area contributed by atoms with Crippen molar-refractivity contribution in [2.75, 3.05) is 33.1 Å². The molecule has 1 aromatic carbocycles. The molecule has 0 saturated heterocycles. The van der Waals surface area contributed by atoms with Crippen LogP contribution in [0.2, 0.25) is 0 Å². The molecule has 7 heteroatoms. The molecule has 1 rings (SSSR count). The average Bonchev–Trinajstić information content (AvgIpc) is 2.44. The molecule has 1 aromatic rings. The van der Waals surface area contributed by atoms with Gasteiger partial charge in [-0.15, -0.1) is 0 Å². The van der Waals surface area contributed by atoms with Crippen LogP contribution in [-0.4, -0.2) is 41.5 Å². The molecule has 20 heavy (non-hydrogen) atoms. The van der Waals surface area contributed by atoms with Crippen molar-refractivity contribution in [3.63, 3.8) is 0 Å². The highest BCUT2D eigenvalue weighted by Gasteiger charge is 2.09. The van der Waals surface area contributed by atoms with E-state index in [1.165, 1.54) is 0 Å². The molecule has 0 aliphatic carbocycles. The molecule has 114 valence electrons. The molecular formula is C13H22N2O4S. The molecule has 0 heterocycles. The van der Waals surface area contributed by atoms with Gasteiger partial charge in [-0.05, 0) is 37.1 Å². The smallest absolute Gasteiger partial charge is 0.211 e. The predicted molar refractivity (Wildman–Crippen MR) is 78.7 cm³/mol. The second-order valence-corrected chi connectivity index (χ2v) is 6.22. The van der Waals surface area contributed by atoms with Crippen LogP contribution in [0, 0.1) is 0 Å². The van der Waals surface area contributed by atoms with Gasteiger partial charge in [0.25, 0.3) is 0 Å². The van der Waals surface area contributed by atoms with Crippen LogP contribution in [0.25, 0.3) is 0 Å². The lowest BCUT2D eigenvalue weighted by Gasteiger charge is -2.10. The van der Waals surface area contributed by atoms with Gasteiger partial charge in [0.2, 0.25) is 10.0 Å². The molecule has 6 nitrogen and oxygen atoms in total. The van der Waals surface area contributed by atoms with Gasteiger partial charge >= 0.3 is 0 Å². The number of sulfonamides is 1. The molecule has 3 N–H and O–H groups in total. The highest BCUT2D eigenvalue weighted by Crippen LogP contribution is 2.27. The maximum atomic E-state index is 11.6. The first kappa shape index (κ1) is 16.7. The molecule has 0 amide bonds. The predicted octanol–water partition coefficient (Wildman–Crippen LogP) is 0.515. The van der Waals surface area contributed by atoms with Crippen LogP contribution < -0.4 is 19.9 Å². The quantitative estimate of drug-likeness (QED) is 0.694. The van der Waals surface area contributed by atoms with Crippen molar-refractivity contribution >= 4 is 10.0 Å². The van der Waals surface area contributed by atoms with Gasteiger partial charge in [0.1, 0.15) is 0 Å². The Morgan fingerprint density at radius 1 is 1.20 bits per heavy atom. The molecule has 0 aliphatic heterocycles. The Bertz CT molecular complexity index is 517. The summed E-state index contributed by atoms with van der Waals surface area (Å²) in [5.41, 5.74) is 6.27. The number of hydrogen-bond donors (Lipinski definition) is 2. The van der Waals surface area contributed by atoms with E-state index in [1.807, 2.05) is 12.1 Å². The van der Waals surface area contributed by atoms with E-state index in [1.54, 1.807) is 20.3 Å². The number of rotatable bonds is 9. The van der Waals surface area contributed by atoms with Gasteiger partial charge in [-0.3, -0.25) is 0 Å². The summed E-state index contributed by atoms with van der Waals surface area (Å²) >= 11 is 0. The van der Waals surface area contributed by atoms with Crippen molar-refractivity contribution < 1.29 is 17.9 Å². The summed E-state index contributed by atoms with van der Waals surface area (Å²) in [6, 6.07) is 5.53. The van der Waals surface area contributed by atoms with Crippen molar-refractivity contribution in [3.05, 3.63) is 23.8 Å². The SMILES string of the molecule is COc1ccc(CCNS(=O)(=O)CCCN)cc1OC. The van der Waals surface area contributed by atoms with Gasteiger partial charge in [0, 0.05) is 6.54 Å². The third kappa shape index (κ3) is 5.36. The fraction of sp³-hybridized carbons (Fsp3) is 0.538. The van der Waals surface area contributed by atoms with E-state index in [4.69, 9.17) is 15.2 Å². The van der Waals surface area contributed by atoms with Crippen molar-refractivity contribution in [1.82, 2.24) is 4.72 Å². The van der Waals surface area contributed by atoms with Crippen LogP contribution in [-0.2, 0) is 16.4 Å². The van der Waals surface area contributed by atoms with Crippen molar-refractivity contribution in [3.8, 4) is 11.5 Å². The number of nitrogens with one attached hydrogen (secondary N) is 1. The minimum atomic E-state index is -3.23. The van der Waals surface area contributed by atoms with E-state index in [2.05, 4.69) is 4.72 Å². The van der Waals surface area contributed by atoms with Gasteiger partial charge in [0.15, 0.2) is 11.5 Å². The van der Waals surface area contributed by atoms with Crippen LogP contribution in [0.4, 0.5) is 0 Å². The second kappa shape index (κ2) is 8.08. The summed E-state index contributed by atoms with van der Waals surface area (Å²) in [5.74, 6) is 1.35. The Balaban J connectivity index is 2.54. The van der Waals surface area contributed by atoms with E-state index < -0.39 is 10.0 Å². The van der Waals surface area contributed by atoms with Crippen molar-refractivity contribution in [2.45, 2.75) is 12.8 Å². The van der Waals surface area contributed by atoms with Crippen LogP contribution in [0.15, 0.2) is 18.2 Å². The van der Waals surface area contributed by atoms with Crippen molar-refractivity contribution in [1.29, 1.82) is 0 Å². The third-order valence-electron chi connectivity index (χ3n) is 2.80. The molecule has 0 saturated carbocycles. The first-order valence-corrected chi connectivity index (χ1v) is 8.06. The molecule has 0 aromatic heterocycles. The Hall–Kier alpha value is -1.31. The van der Waals surface area contributed by atoms with Crippen LogP contribution in [0.3, 0.4) is 0 Å². The summed E-state index contributed by atoms with van der Waals surface area (Å²) in [5, 5.41) is 0. The van der Waals surface area contributed by atoms with E-state index in [-0.39, 0.29) is 5.75 Å². The van der Waals surface area contributed by atoms with Crippen LogP contribution in [0.5, 0.6) is 11.5 Å². The van der Waals surface area contributed by atoms with E-state index in [0.29, 0.717) is 37.4 Å². The van der Waals surface area contributed by atoms with E-state index >= 15 is 0 Å². The monoisotopic (exact) mass is 302 g/mol. The summed E-state index contributed by atoms with van der Waals surface area (Å²) in [7, 11) is -0.0892. The standard InChI is InChI=1S/C13H22N2O4S/c1-18-12-5-4-11(10-13(12)19-2)6-8-15-20(16,17)9-3-7-14/h4-5,10,15H,3,6-9,14H2,1-2H3. The molecular weight excluding hydrogens is 280 g/mol. The summed E-state index contributed by atoms with van der Waals surface area (Å²) in [6.07, 6.45) is 1.05. The van der Waals surface area contributed by atoms with E-state index in [9.17, 15) is 8.42 Å². The Morgan fingerprint density at radius 3 is 2.50 bits per heavy atom. The minimum absolute atomic E-state index is 0.0649. The Labute approximate surface area is 120 Å². The molecule has 0 bridgehead atoms. The number of hydrogen-bond acceptors (Lipinski definition) is 5. The zero-order chi connectivity index (χ0) is 15.0. The van der Waals surface area contributed by atoms with E-state index in [0.717, 1.165) is 5.56 Å². The third-order valence-corrected chi connectivity index (χ3v) is 4.27. The van der Waals surface area contributed by atoms with Crippen LogP contribution in [0.1, 0.15) is 12.0 Å². The normalized spacial score (nSPS) is 11.3. The van der Waals surface area contributed by atoms with Gasteiger partial charge in [-0.2, -0.15) is 0 Å². The van der Waals surface area contributed by atoms with Crippen molar-refractivity contribution in [2.24, 2.45) is 5.73 Å². The van der Waals surface area contributed by atoms with Gasteiger partial charge in [0.05, 0.1) is 20.0 Å². The lowest BCUT2D eigenvalue weighted by molar-refractivity contribution is 0.354. The first-order chi connectivity index (χ1) is 9.52. The van der Waals surface area contributed by atoms with Gasteiger partial charge in [-0.25, -0.2) is 13.1 Å². The topological polar surface area (TPSA) is 90.7 Å². The van der Waals surface area contributed by atoms with Crippen LogP contribution >= 0.6 is 0 Å². The lowest BCUT2D eigenvalue weighted by atomic mass is 10.1. The summed E-state index contributed by atoms with van der Waals surface area (Å²) in [6.45, 7) is 0.721. The minimum Gasteiger partial charge on any atom is -0.493 e. The maximum absolute atomic E-state index is 11.6. The Kier molecular flexibility index (Phi) is 6.77. The maximum Gasteiger partial charge on any atom is 0.211 e. The van der Waals surface area contributed by atoms with Gasteiger partial charge < -0.3 is 15.2 Å². The zero-order valence-corrected chi connectivity index (χ0v) is 12.7. The highest BCUT2D eigenvalue weighted by atomic mass is 32.2. The fourth-order valence-corrected chi connectivity index (χ4v) is 2.84. The molecule has 0 radical (unpaired) electrons. The summed E-state index contributed by atoms with van der Waals surface area (Å²) < 4.78 is 36.1. The summed E-state index contributed by atoms with van der Waals surface area (Å²) in [4.78, 5) is 0. The molecule has 0 spiro atoms. The van der Waals surface area contributed by atoms with Gasteiger partial charge in [-0.1, -0.05) is 6.07 Å². The zero-order valence-electron chi connectivity index (χ0n) is 11.9. The molecule has 0 fully saturated rings. The fourth-order valence-electron chi connectivity index (χ4n) is 1.73. The number of ether oxygens (including phenoxy) is 2. The first-order valence-electron chi connectivity index (χ1n) is 6.40. The molecule has 0 aliphatic rings. The second-order valence-electron chi connectivity index (χ2n) is 4.29. The molecule has 0 atom stereocenters. The highest BCUT2D eigenvalue weighted by molar-refractivity contribution is 7.89. The lowest BCUT2D eigenvalue weighted by Crippen LogP contribution is -2.29. The molecule has 0 unspecified atom stereocenters. The Morgan fingerprint density at radius 2 is 1.90 bits per heavy atom.